The number of nitrogens with two attached hydrogens (primary N) is 4. The molecule has 76 heavy (non-hydrogen) atoms. The zero-order chi connectivity index (χ0) is 54.5. The van der Waals surface area contributed by atoms with Gasteiger partial charge in [0.25, 0.3) is 35.4 Å². The number of nitrogens with one attached hydrogen (secondary N) is 8. The number of nitrogens with zero attached hydrogens (tertiary/aromatic N) is 9. The second kappa shape index (κ2) is 41.2. The van der Waals surface area contributed by atoms with E-state index in [0.29, 0.717) is 47.5 Å². The van der Waals surface area contributed by atoms with Gasteiger partial charge in [-0.25, -0.2) is 15.0 Å². The normalized spacial score (nSPS) is 9.39. The number of unbranched alkanes of at least 4 members (excludes halogenated alkanes) is 3. The minimum atomic E-state index is -0.381. The van der Waals surface area contributed by atoms with Crippen molar-refractivity contribution in [1.29, 1.82) is 0 Å². The molecule has 0 aliphatic rings. The summed E-state index contributed by atoms with van der Waals surface area (Å²) in [4.78, 5) is 82.1. The smallest absolute Gasteiger partial charge is 0.693 e. The molecule has 0 radical (unpaired) electrons. The number of aryl methyl sites for hydroxylation is 8. The Morgan fingerprint density at radius 1 is 0.500 bits per heavy atom. The van der Waals surface area contributed by atoms with Crippen LogP contribution in [0, 0.1) is 13.8 Å². The molecular formula is C45H73Cl2N21O6Pt2-6. The van der Waals surface area contributed by atoms with Gasteiger partial charge in [-0.2, -0.15) is 6.54 Å². The molecule has 0 saturated carbocycles. The fraction of sp³-hybridized carbons (Fsp3) is 0.400. The van der Waals surface area contributed by atoms with Crippen LogP contribution < -0.4 is 31.9 Å². The molecule has 6 rings (SSSR count). The molecular weight excluding hydrogens is 1390 g/mol. The van der Waals surface area contributed by atoms with Crippen molar-refractivity contribution in [2.45, 2.75) is 39.5 Å². The van der Waals surface area contributed by atoms with E-state index in [2.05, 4.69) is 65.7 Å². The van der Waals surface area contributed by atoms with Gasteiger partial charge in [0.05, 0.1) is 5.69 Å². The average molecular weight is 1470 g/mol. The van der Waals surface area contributed by atoms with Crippen LogP contribution in [0.3, 0.4) is 0 Å². The largest absolute Gasteiger partial charge is 0.693 e. The number of hydrogen-bond acceptors (Lipinski definition) is 9. The number of hydrogen-bond donors (Lipinski definition) is 6. The maximum atomic E-state index is 12.0. The molecule has 27 nitrogen and oxygen atoms in total. The molecule has 0 aliphatic heterocycles. The first-order chi connectivity index (χ1) is 34.3. The number of amides is 6. The predicted molar refractivity (Wildman–Crippen MR) is 292 cm³/mol. The quantitative estimate of drug-likeness (QED) is 0.0508. The first-order valence-corrected chi connectivity index (χ1v) is 27.5. The van der Waals surface area contributed by atoms with Crippen LogP contribution in [0.1, 0.15) is 100 Å². The van der Waals surface area contributed by atoms with Crippen LogP contribution in [-0.2, 0) is 79.8 Å². The SMILES string of the molecule is CNC(=O)c1cc(NC(=O)c2nccn2C)cn1C.CNC(=O)c1nc(NC(=O)c2nccn2C)cn1C.Cc1cc(C(=O)NCCCCCC[NH-])n(C)c1.Cc1cc(C(=O)NCC[NH-])n(C)c1.[Cl][Pt].[Cl][Pt].[NH2-].[NH2-].[NH2-].[NH2-]. The molecule has 0 unspecified atom stereocenters. The fourth-order valence-electron chi connectivity index (χ4n) is 6.44. The van der Waals surface area contributed by atoms with Gasteiger partial charge in [0.2, 0.25) is 5.82 Å². The Labute approximate surface area is 475 Å². The Kier molecular flexibility index (Phi) is 41.5. The van der Waals surface area contributed by atoms with Crippen molar-refractivity contribution in [3.63, 3.8) is 0 Å². The molecule has 6 aromatic heterocycles. The van der Waals surface area contributed by atoms with Crippen molar-refractivity contribution in [2.75, 3.05) is 50.9 Å². The van der Waals surface area contributed by atoms with Crippen molar-refractivity contribution < 1.29 is 66.3 Å². The Morgan fingerprint density at radius 2 is 0.934 bits per heavy atom. The van der Waals surface area contributed by atoms with Gasteiger partial charge in [-0.05, 0) is 56.1 Å². The summed E-state index contributed by atoms with van der Waals surface area (Å²) in [7, 11) is 22.9. The summed E-state index contributed by atoms with van der Waals surface area (Å²) in [5.74, 6) is -0.233. The van der Waals surface area contributed by atoms with Crippen molar-refractivity contribution in [2.24, 2.45) is 42.3 Å². The summed E-state index contributed by atoms with van der Waals surface area (Å²) in [5.41, 5.74) is 18.5. The van der Waals surface area contributed by atoms with E-state index < -0.39 is 0 Å². The molecule has 0 aromatic carbocycles. The first-order valence-electron chi connectivity index (χ1n) is 21.9. The molecule has 16 N–H and O–H groups in total. The van der Waals surface area contributed by atoms with Crippen LogP contribution in [0.25, 0.3) is 36.1 Å². The number of carbonyl (C=O) groups excluding carboxylic acids is 6. The van der Waals surface area contributed by atoms with Crippen LogP contribution in [0.4, 0.5) is 11.5 Å². The predicted octanol–water partition coefficient (Wildman–Crippen LogP) is 8.17. The molecule has 434 valence electrons. The number of aromatic nitrogens is 9. The summed E-state index contributed by atoms with van der Waals surface area (Å²) in [5, 5.41) is 15.9. The molecule has 0 saturated heterocycles. The van der Waals surface area contributed by atoms with Crippen LogP contribution in [0.5, 0.6) is 0 Å². The summed E-state index contributed by atoms with van der Waals surface area (Å²) >= 11 is 3.22. The Morgan fingerprint density at radius 3 is 1.34 bits per heavy atom. The van der Waals surface area contributed by atoms with Gasteiger partial charge >= 0.3 is 56.4 Å². The topological polar surface area (TPSA) is 424 Å². The molecule has 6 heterocycles. The Bertz CT molecular complexity index is 2530. The molecule has 0 spiro atoms. The molecule has 0 atom stereocenters. The van der Waals surface area contributed by atoms with E-state index in [0.717, 1.165) is 43.4 Å². The van der Waals surface area contributed by atoms with E-state index in [4.69, 9.17) is 11.5 Å². The van der Waals surface area contributed by atoms with Gasteiger partial charge in [0, 0.05) is 113 Å². The minimum absolute atomic E-state index is 0. The van der Waals surface area contributed by atoms with E-state index in [1.165, 1.54) is 17.8 Å². The first kappa shape index (κ1) is 76.5. The maximum absolute atomic E-state index is 12.0. The number of anilines is 2. The van der Waals surface area contributed by atoms with E-state index >= 15 is 0 Å². The van der Waals surface area contributed by atoms with Gasteiger partial charge in [0.1, 0.15) is 17.1 Å². The molecule has 31 heteroatoms. The third-order valence-corrected chi connectivity index (χ3v) is 9.87. The Balaban J connectivity index is -0.000000440. The second-order valence-corrected chi connectivity index (χ2v) is 15.5. The molecule has 0 bridgehead atoms. The monoisotopic (exact) mass is 1460 g/mol. The molecule has 0 aliphatic carbocycles. The van der Waals surface area contributed by atoms with Gasteiger partial charge in [-0.3, -0.25) is 28.8 Å². The van der Waals surface area contributed by atoms with Gasteiger partial charge in [0.15, 0.2) is 17.5 Å². The third-order valence-electron chi connectivity index (χ3n) is 9.87. The summed E-state index contributed by atoms with van der Waals surface area (Å²) in [6.45, 7) is 5.78. The van der Waals surface area contributed by atoms with Crippen LogP contribution >= 0.6 is 18.8 Å². The zero-order valence-corrected chi connectivity index (χ0v) is 50.2. The Hall–Kier alpha value is -5.99. The maximum Gasteiger partial charge on any atom is -0.693 e. The number of halogens is 2. The standard InChI is InChI=1S/C13H22N3O.C12H15N5O2.C11H14N6O2.C9H14N3O.2ClH.4H2N.2Pt/c1-11-9-12(16(2)10-11)13(17)15-8-6-4-3-5-7-14;1-13-11(18)9-6-8(7-17(9)3)15-12(19)10-14-4-5-16(10)2;1-12-10(18)9-14-7(6-17(9)3)15-11(19)8-13-4-5-16(8)2;1-7-5-8(12(2)6-7)9(13)11-4-3-10;;;;;;;;/h9-10,14H,3-8H2,1-2H3,(H,15,17);4-7H,1-3H3,(H,13,18)(H,15,19);4-6H,1-3H3,(H,12,18)(H,15,19);5-6,10H,3-4H2,1-2H3,(H,11,13);2*1H;4*1H2;;/q-1;;;-1;;;4*-1;2*+1/p-2. The van der Waals surface area contributed by atoms with Crippen molar-refractivity contribution in [3.8, 4) is 0 Å². The molecule has 6 amide bonds. The van der Waals surface area contributed by atoms with Gasteiger partial charge < -0.3 is 95.4 Å². The zero-order valence-electron chi connectivity index (χ0n) is 44.2. The van der Waals surface area contributed by atoms with E-state index in [1.54, 1.807) is 128 Å². The average Bonchev–Trinajstić information content (AvgIpc) is 4.25. The number of rotatable bonds is 16. The summed E-state index contributed by atoms with van der Waals surface area (Å²) in [6, 6.07) is 5.34. The third kappa shape index (κ3) is 25.2. The molecule has 6 aromatic rings. The van der Waals surface area contributed by atoms with Gasteiger partial charge in [-0.1, -0.05) is 19.3 Å². The van der Waals surface area contributed by atoms with Crippen molar-refractivity contribution >= 4 is 65.8 Å². The van der Waals surface area contributed by atoms with Gasteiger partial charge in [-0.15, -0.1) is 6.54 Å². The second-order valence-electron chi connectivity index (χ2n) is 15.5. The van der Waals surface area contributed by atoms with Crippen LogP contribution in [-0.4, -0.2) is 118 Å². The van der Waals surface area contributed by atoms with Crippen LogP contribution in [0.2, 0.25) is 0 Å². The minimum Gasteiger partial charge on any atom is -0.693 e. The van der Waals surface area contributed by atoms with Crippen molar-refractivity contribution in [1.82, 2.24) is 63.6 Å². The van der Waals surface area contributed by atoms with E-state index in [1.807, 2.05) is 57.0 Å². The number of carbonyl (C=O) groups is 6. The van der Waals surface area contributed by atoms with Crippen molar-refractivity contribution in [3.05, 3.63) is 150 Å². The van der Waals surface area contributed by atoms with Crippen LogP contribution in [0.15, 0.2) is 67.8 Å². The van der Waals surface area contributed by atoms with E-state index in [9.17, 15) is 28.8 Å². The molecule has 0 fully saturated rings. The van der Waals surface area contributed by atoms with E-state index in [-0.39, 0.29) is 78.2 Å². The fourth-order valence-corrected chi connectivity index (χ4v) is 6.44. The number of imidazole rings is 3. The summed E-state index contributed by atoms with van der Waals surface area (Å²) in [6.07, 6.45) is 17.7. The summed E-state index contributed by atoms with van der Waals surface area (Å²) < 4.78 is 10.0.